The molecular formula is C17H15N3. The average molecular weight is 261 g/mol. The van der Waals surface area contributed by atoms with E-state index in [0.717, 1.165) is 28.1 Å². The summed E-state index contributed by atoms with van der Waals surface area (Å²) in [4.78, 5) is 9.35. The fourth-order valence-electron chi connectivity index (χ4n) is 2.37. The van der Waals surface area contributed by atoms with Crippen molar-refractivity contribution in [1.29, 1.82) is 0 Å². The number of benzene rings is 2. The number of hydrogen-bond donors (Lipinski definition) is 1. The number of nitrogens with zero attached hydrogens (tertiary/aromatic N) is 2. The Kier molecular flexibility index (Phi) is 2.62. The largest absolute Gasteiger partial charge is 0.351 e. The molecule has 0 amide bonds. The van der Waals surface area contributed by atoms with Gasteiger partial charge in [0.15, 0.2) is 0 Å². The molecular weight excluding hydrogens is 246 g/mol. The van der Waals surface area contributed by atoms with Crippen LogP contribution in [0, 0.1) is 0 Å². The lowest BCUT2D eigenvalue weighted by Crippen LogP contribution is -2.06. The molecule has 98 valence electrons. The molecule has 0 unspecified atom stereocenters. The van der Waals surface area contributed by atoms with E-state index in [2.05, 4.69) is 28.5 Å². The number of hydrogen-bond acceptors (Lipinski definition) is 3. The van der Waals surface area contributed by atoms with E-state index in [0.29, 0.717) is 6.04 Å². The van der Waals surface area contributed by atoms with Crippen LogP contribution in [-0.4, -0.2) is 16.0 Å². The minimum Gasteiger partial charge on any atom is -0.351 e. The molecule has 1 N–H and O–H groups in total. The summed E-state index contributed by atoms with van der Waals surface area (Å²) < 4.78 is 0. The van der Waals surface area contributed by atoms with Gasteiger partial charge < -0.3 is 5.32 Å². The number of para-hydroxylation sites is 1. The van der Waals surface area contributed by atoms with Gasteiger partial charge in [-0.3, -0.25) is 0 Å². The van der Waals surface area contributed by atoms with E-state index in [-0.39, 0.29) is 0 Å². The van der Waals surface area contributed by atoms with Crippen molar-refractivity contribution < 1.29 is 0 Å². The summed E-state index contributed by atoms with van der Waals surface area (Å²) in [6.45, 7) is 0. The summed E-state index contributed by atoms with van der Waals surface area (Å²) >= 11 is 0. The number of anilines is 1. The molecule has 0 saturated heterocycles. The van der Waals surface area contributed by atoms with Crippen LogP contribution in [0.15, 0.2) is 54.6 Å². The van der Waals surface area contributed by atoms with Crippen LogP contribution in [-0.2, 0) is 0 Å². The van der Waals surface area contributed by atoms with Gasteiger partial charge >= 0.3 is 0 Å². The lowest BCUT2D eigenvalue weighted by atomic mass is 10.1. The van der Waals surface area contributed by atoms with Gasteiger partial charge in [-0.05, 0) is 18.9 Å². The Balaban J connectivity index is 1.91. The molecule has 0 radical (unpaired) electrons. The number of rotatable bonds is 3. The monoisotopic (exact) mass is 261 g/mol. The Bertz CT molecular complexity index is 749. The van der Waals surface area contributed by atoms with E-state index in [9.17, 15) is 0 Å². The smallest absolute Gasteiger partial charge is 0.224 e. The van der Waals surface area contributed by atoms with Crippen LogP contribution in [0.2, 0.25) is 0 Å². The lowest BCUT2D eigenvalue weighted by molar-refractivity contribution is 1.07. The summed E-state index contributed by atoms with van der Waals surface area (Å²) in [6, 6.07) is 19.0. The molecule has 1 aliphatic carbocycles. The zero-order valence-electron chi connectivity index (χ0n) is 11.1. The highest BCUT2D eigenvalue weighted by Gasteiger charge is 2.22. The third-order valence-electron chi connectivity index (χ3n) is 3.56. The second-order valence-corrected chi connectivity index (χ2v) is 5.20. The summed E-state index contributed by atoms with van der Waals surface area (Å²) in [5.74, 6) is 0.741. The fraction of sp³-hybridized carbons (Fsp3) is 0.176. The van der Waals surface area contributed by atoms with Gasteiger partial charge in [0.05, 0.1) is 11.2 Å². The summed E-state index contributed by atoms with van der Waals surface area (Å²) in [6.07, 6.45) is 2.44. The van der Waals surface area contributed by atoms with Crippen molar-refractivity contribution in [1.82, 2.24) is 9.97 Å². The molecule has 3 nitrogen and oxygen atoms in total. The third-order valence-corrected chi connectivity index (χ3v) is 3.56. The maximum absolute atomic E-state index is 4.73. The minimum absolute atomic E-state index is 0.555. The first-order valence-corrected chi connectivity index (χ1v) is 6.99. The van der Waals surface area contributed by atoms with Gasteiger partial charge in [0.2, 0.25) is 5.95 Å². The van der Waals surface area contributed by atoms with Crippen molar-refractivity contribution in [2.45, 2.75) is 18.9 Å². The fourth-order valence-corrected chi connectivity index (χ4v) is 2.37. The van der Waals surface area contributed by atoms with E-state index in [4.69, 9.17) is 4.98 Å². The highest BCUT2D eigenvalue weighted by molar-refractivity contribution is 5.93. The molecule has 3 heteroatoms. The first-order valence-electron chi connectivity index (χ1n) is 6.99. The normalized spacial score (nSPS) is 14.4. The average Bonchev–Trinajstić information content (AvgIpc) is 3.31. The van der Waals surface area contributed by atoms with Crippen LogP contribution >= 0.6 is 0 Å². The van der Waals surface area contributed by atoms with Crippen LogP contribution in [0.25, 0.3) is 22.2 Å². The van der Waals surface area contributed by atoms with Crippen LogP contribution < -0.4 is 5.32 Å². The highest BCUT2D eigenvalue weighted by Crippen LogP contribution is 2.29. The van der Waals surface area contributed by atoms with Crippen LogP contribution in [0.1, 0.15) is 12.8 Å². The summed E-state index contributed by atoms with van der Waals surface area (Å²) in [7, 11) is 0. The Morgan fingerprint density at radius 3 is 2.40 bits per heavy atom. The number of aromatic nitrogens is 2. The maximum Gasteiger partial charge on any atom is 0.224 e. The molecule has 1 saturated carbocycles. The quantitative estimate of drug-likeness (QED) is 0.777. The van der Waals surface area contributed by atoms with Gasteiger partial charge in [0, 0.05) is 17.0 Å². The third kappa shape index (κ3) is 2.11. The second-order valence-electron chi connectivity index (χ2n) is 5.20. The Labute approximate surface area is 117 Å². The standard InChI is InChI=1S/C17H15N3/c1-2-6-12(7-3-1)16-14-8-4-5-9-15(14)19-17(20-16)18-13-10-11-13/h1-9,13H,10-11H2,(H,18,19,20). The first-order chi connectivity index (χ1) is 9.90. The molecule has 3 aromatic rings. The zero-order chi connectivity index (χ0) is 13.4. The molecule has 20 heavy (non-hydrogen) atoms. The second kappa shape index (κ2) is 4.60. The van der Waals surface area contributed by atoms with E-state index in [1.807, 2.05) is 36.4 Å². The van der Waals surface area contributed by atoms with Gasteiger partial charge in [-0.1, -0.05) is 48.5 Å². The Morgan fingerprint density at radius 1 is 0.850 bits per heavy atom. The first kappa shape index (κ1) is 11.4. The molecule has 1 aromatic heterocycles. The molecule has 0 atom stereocenters. The zero-order valence-corrected chi connectivity index (χ0v) is 11.1. The van der Waals surface area contributed by atoms with Crippen molar-refractivity contribution in [3.8, 4) is 11.3 Å². The van der Waals surface area contributed by atoms with Crippen molar-refractivity contribution in [2.75, 3.05) is 5.32 Å². The number of nitrogens with one attached hydrogen (secondary N) is 1. The van der Waals surface area contributed by atoms with Crippen molar-refractivity contribution in [2.24, 2.45) is 0 Å². The van der Waals surface area contributed by atoms with E-state index in [1.54, 1.807) is 0 Å². The van der Waals surface area contributed by atoms with Gasteiger partial charge in [-0.2, -0.15) is 0 Å². The molecule has 1 heterocycles. The Morgan fingerprint density at radius 2 is 1.60 bits per heavy atom. The molecule has 4 rings (SSSR count). The van der Waals surface area contributed by atoms with Gasteiger partial charge in [0.25, 0.3) is 0 Å². The number of fused-ring (bicyclic) bond motifs is 1. The van der Waals surface area contributed by atoms with Crippen LogP contribution in [0.4, 0.5) is 5.95 Å². The predicted octanol–water partition coefficient (Wildman–Crippen LogP) is 3.87. The molecule has 2 aromatic carbocycles. The maximum atomic E-state index is 4.73. The van der Waals surface area contributed by atoms with E-state index in [1.165, 1.54) is 12.8 Å². The summed E-state index contributed by atoms with van der Waals surface area (Å²) in [5, 5.41) is 4.49. The minimum atomic E-state index is 0.555. The van der Waals surface area contributed by atoms with Crippen LogP contribution in [0.3, 0.4) is 0 Å². The van der Waals surface area contributed by atoms with Gasteiger partial charge in [-0.15, -0.1) is 0 Å². The molecule has 1 aliphatic rings. The molecule has 1 fully saturated rings. The van der Waals surface area contributed by atoms with Crippen molar-refractivity contribution >= 4 is 16.9 Å². The molecule has 0 aliphatic heterocycles. The highest BCUT2D eigenvalue weighted by atomic mass is 15.1. The van der Waals surface area contributed by atoms with E-state index >= 15 is 0 Å². The SMILES string of the molecule is c1ccc(-c2nc(NC3CC3)nc3ccccc23)cc1. The Hall–Kier alpha value is -2.42. The molecule has 0 spiro atoms. The predicted molar refractivity (Wildman–Crippen MR) is 81.6 cm³/mol. The van der Waals surface area contributed by atoms with Gasteiger partial charge in [0.1, 0.15) is 0 Å². The van der Waals surface area contributed by atoms with Gasteiger partial charge in [-0.25, -0.2) is 9.97 Å². The van der Waals surface area contributed by atoms with Crippen molar-refractivity contribution in [3.63, 3.8) is 0 Å². The summed E-state index contributed by atoms with van der Waals surface area (Å²) in [5.41, 5.74) is 3.12. The van der Waals surface area contributed by atoms with Crippen molar-refractivity contribution in [3.05, 3.63) is 54.6 Å². The topological polar surface area (TPSA) is 37.8 Å². The molecule has 0 bridgehead atoms. The lowest BCUT2D eigenvalue weighted by Gasteiger charge is -2.09. The van der Waals surface area contributed by atoms with Crippen LogP contribution in [0.5, 0.6) is 0 Å². The van der Waals surface area contributed by atoms with E-state index < -0.39 is 0 Å².